The highest BCUT2D eigenvalue weighted by Gasteiger charge is 2.43. The summed E-state index contributed by atoms with van der Waals surface area (Å²) in [5.74, 6) is -3.08. The van der Waals surface area contributed by atoms with E-state index in [0.717, 1.165) is 33.5 Å². The van der Waals surface area contributed by atoms with Crippen molar-refractivity contribution < 1.29 is 19.8 Å². The number of carboxylic acids is 2. The summed E-state index contributed by atoms with van der Waals surface area (Å²) in [7, 11) is 0. The fourth-order valence-electron chi connectivity index (χ4n) is 4.48. The van der Waals surface area contributed by atoms with Crippen LogP contribution in [0, 0.1) is 5.92 Å². The van der Waals surface area contributed by atoms with Gasteiger partial charge in [0.1, 0.15) is 0 Å². The lowest BCUT2D eigenvalue weighted by Gasteiger charge is -2.30. The molecule has 8 heteroatoms. The van der Waals surface area contributed by atoms with E-state index in [9.17, 15) is 14.7 Å². The molecule has 2 atom stereocenters. The normalized spacial score (nSPS) is 21.5. The Hall–Kier alpha value is -4.20. The second-order valence-corrected chi connectivity index (χ2v) is 8.40. The Labute approximate surface area is 188 Å². The first-order valence-corrected chi connectivity index (χ1v) is 10.7. The number of aromatic amines is 2. The van der Waals surface area contributed by atoms with Gasteiger partial charge in [-0.1, -0.05) is 6.08 Å². The van der Waals surface area contributed by atoms with Gasteiger partial charge in [-0.25, -0.2) is 4.99 Å². The fourth-order valence-corrected chi connectivity index (χ4v) is 4.48. The molecule has 8 bridgehead atoms. The number of aliphatic carboxylic acids is 2. The van der Waals surface area contributed by atoms with Crippen molar-refractivity contribution in [3.05, 3.63) is 76.4 Å². The number of allylic oxidation sites excluding steroid dienone is 3. The molecule has 0 spiro atoms. The van der Waals surface area contributed by atoms with Crippen LogP contribution in [0.2, 0.25) is 0 Å². The van der Waals surface area contributed by atoms with E-state index >= 15 is 0 Å². The molecule has 2 aromatic rings. The molecule has 33 heavy (non-hydrogen) atoms. The van der Waals surface area contributed by atoms with Crippen LogP contribution in [-0.4, -0.2) is 49.1 Å². The fraction of sp³-hybridized carbons (Fsp3) is 0.200. The zero-order valence-corrected chi connectivity index (χ0v) is 17.7. The summed E-state index contributed by atoms with van der Waals surface area (Å²) in [5, 5.41) is 20.9. The average Bonchev–Trinajstić information content (AvgIpc) is 3.53. The molecule has 166 valence electrons. The molecule has 0 fully saturated rings. The van der Waals surface area contributed by atoms with Gasteiger partial charge in [0.25, 0.3) is 0 Å². The molecule has 3 aliphatic heterocycles. The smallest absolute Gasteiger partial charge is 0.309 e. The van der Waals surface area contributed by atoms with E-state index in [1.54, 1.807) is 12.2 Å². The summed E-state index contributed by atoms with van der Waals surface area (Å²) in [4.78, 5) is 39.5. The number of nitrogens with one attached hydrogen (secondary N) is 2. The lowest BCUT2D eigenvalue weighted by Crippen LogP contribution is -2.41. The zero-order valence-electron chi connectivity index (χ0n) is 17.7. The van der Waals surface area contributed by atoms with Crippen molar-refractivity contribution in [2.75, 3.05) is 0 Å². The highest BCUT2D eigenvalue weighted by atomic mass is 16.4. The Morgan fingerprint density at radius 2 is 1.76 bits per heavy atom. The molecular weight excluding hydrogens is 420 g/mol. The standard InChI is InChI=1S/C25H22N4O4/c30-23(31)8-7-22(24(32)33)25-10-9-20(29-25)13-19-4-3-16(27-19)11-15-1-2-17(26-15)12-18-5-6-21(14-25)28-18/h1-6,9-13,22,27-28H,7-8,14H2,(H,30,31)(H,32,33). The van der Waals surface area contributed by atoms with E-state index in [-0.39, 0.29) is 12.8 Å². The van der Waals surface area contributed by atoms with Gasteiger partial charge < -0.3 is 20.2 Å². The minimum absolute atomic E-state index is 0.0205. The number of nitrogens with zero attached hydrogens (tertiary/aromatic N) is 2. The van der Waals surface area contributed by atoms with Gasteiger partial charge in [-0.3, -0.25) is 14.6 Å². The van der Waals surface area contributed by atoms with Crippen molar-refractivity contribution in [1.82, 2.24) is 9.97 Å². The van der Waals surface area contributed by atoms with Crippen molar-refractivity contribution >= 4 is 41.6 Å². The molecule has 2 unspecified atom stereocenters. The van der Waals surface area contributed by atoms with Crippen LogP contribution in [0.5, 0.6) is 0 Å². The van der Waals surface area contributed by atoms with E-state index < -0.39 is 23.4 Å². The third kappa shape index (κ3) is 4.27. The molecule has 0 aliphatic carbocycles. The number of hydrogen-bond acceptors (Lipinski definition) is 4. The van der Waals surface area contributed by atoms with Crippen molar-refractivity contribution in [2.45, 2.75) is 24.8 Å². The first-order valence-electron chi connectivity index (χ1n) is 10.7. The molecule has 2 aromatic heterocycles. The predicted octanol–water partition coefficient (Wildman–Crippen LogP) is 1.83. The Morgan fingerprint density at radius 3 is 2.52 bits per heavy atom. The Balaban J connectivity index is 1.65. The van der Waals surface area contributed by atoms with Gasteiger partial charge in [0, 0.05) is 34.9 Å². The SMILES string of the molecule is O=C(O)CCC(C(=O)O)C12C=CC(=N1)C=c1ccc([nH]1)=CC1=NC(=Cc3ccc([nH]3)C2)C=C1. The number of H-pyrrole nitrogens is 2. The van der Waals surface area contributed by atoms with Crippen molar-refractivity contribution in [1.29, 1.82) is 0 Å². The predicted molar refractivity (Wildman–Crippen MR) is 125 cm³/mol. The summed E-state index contributed by atoms with van der Waals surface area (Å²) < 4.78 is 0. The maximum absolute atomic E-state index is 12.2. The molecule has 0 saturated heterocycles. The largest absolute Gasteiger partial charge is 0.481 e. The first-order chi connectivity index (χ1) is 15.9. The Kier molecular flexibility index (Phi) is 5.05. The topological polar surface area (TPSA) is 131 Å². The number of rotatable bonds is 5. The van der Waals surface area contributed by atoms with Gasteiger partial charge in [0.05, 0.1) is 28.6 Å². The van der Waals surface area contributed by atoms with E-state index in [1.165, 1.54) is 0 Å². The van der Waals surface area contributed by atoms with Crippen LogP contribution in [0.3, 0.4) is 0 Å². The zero-order chi connectivity index (χ0) is 23.0. The van der Waals surface area contributed by atoms with Crippen LogP contribution in [-0.2, 0) is 16.0 Å². The molecule has 4 N–H and O–H groups in total. The molecule has 0 saturated carbocycles. The number of fused-ring (bicyclic) bond motifs is 6. The van der Waals surface area contributed by atoms with Crippen molar-refractivity contribution in [2.24, 2.45) is 15.9 Å². The number of carboxylic acid groups (broad SMARTS) is 2. The molecule has 8 nitrogen and oxygen atoms in total. The maximum Gasteiger partial charge on any atom is 0.309 e. The molecular formula is C25H22N4O4. The van der Waals surface area contributed by atoms with Gasteiger partial charge in [0.15, 0.2) is 0 Å². The van der Waals surface area contributed by atoms with Gasteiger partial charge in [-0.15, -0.1) is 0 Å². The number of aliphatic imine (C=N–C) groups is 2. The second kappa shape index (κ2) is 8.05. The number of hydrogen-bond donors (Lipinski definition) is 4. The Morgan fingerprint density at radius 1 is 0.970 bits per heavy atom. The van der Waals surface area contributed by atoms with Crippen LogP contribution in [0.15, 0.2) is 64.3 Å². The maximum atomic E-state index is 12.2. The minimum Gasteiger partial charge on any atom is -0.481 e. The van der Waals surface area contributed by atoms with Gasteiger partial charge in [-0.2, -0.15) is 0 Å². The summed E-state index contributed by atoms with van der Waals surface area (Å²) >= 11 is 0. The third-order valence-electron chi connectivity index (χ3n) is 6.00. The van der Waals surface area contributed by atoms with Crippen LogP contribution in [0.4, 0.5) is 0 Å². The lowest BCUT2D eigenvalue weighted by atomic mass is 9.78. The first kappa shape index (κ1) is 20.7. The highest BCUT2D eigenvalue weighted by molar-refractivity contribution is 6.20. The van der Waals surface area contributed by atoms with Crippen molar-refractivity contribution in [3.8, 4) is 0 Å². The lowest BCUT2D eigenvalue weighted by molar-refractivity contribution is -0.144. The van der Waals surface area contributed by atoms with Crippen molar-refractivity contribution in [3.63, 3.8) is 0 Å². The molecule has 3 aliphatic rings. The van der Waals surface area contributed by atoms with Crippen LogP contribution >= 0.6 is 0 Å². The summed E-state index contributed by atoms with van der Waals surface area (Å²) in [6.07, 6.45) is 13.2. The monoisotopic (exact) mass is 442 g/mol. The molecule has 0 amide bonds. The van der Waals surface area contributed by atoms with Gasteiger partial charge >= 0.3 is 11.9 Å². The quantitative estimate of drug-likeness (QED) is 0.563. The molecule has 5 heterocycles. The summed E-state index contributed by atoms with van der Waals surface area (Å²) in [6, 6.07) is 7.68. The third-order valence-corrected chi connectivity index (χ3v) is 6.00. The molecule has 0 aromatic carbocycles. The molecule has 0 radical (unpaired) electrons. The van der Waals surface area contributed by atoms with E-state index in [0.29, 0.717) is 12.1 Å². The second-order valence-electron chi connectivity index (χ2n) is 8.40. The number of carbonyl (C=O) groups is 2. The van der Waals surface area contributed by atoms with Gasteiger partial charge in [-0.05, 0) is 67.1 Å². The van der Waals surface area contributed by atoms with E-state index in [1.807, 2.05) is 54.6 Å². The van der Waals surface area contributed by atoms with Crippen LogP contribution in [0.1, 0.15) is 24.2 Å². The Bertz CT molecular complexity index is 1420. The van der Waals surface area contributed by atoms with E-state index in [4.69, 9.17) is 10.1 Å². The molecule has 5 rings (SSSR count). The van der Waals surface area contributed by atoms with Crippen LogP contribution < -0.4 is 10.7 Å². The average molecular weight is 442 g/mol. The minimum atomic E-state index is -1.10. The summed E-state index contributed by atoms with van der Waals surface area (Å²) in [5.41, 5.74) is 2.83. The van der Waals surface area contributed by atoms with Crippen LogP contribution in [0.25, 0.3) is 18.2 Å². The highest BCUT2D eigenvalue weighted by Crippen LogP contribution is 2.36. The summed E-state index contributed by atoms with van der Waals surface area (Å²) in [6.45, 7) is 0. The number of aromatic nitrogens is 2. The van der Waals surface area contributed by atoms with Gasteiger partial charge in [0.2, 0.25) is 0 Å². The van der Waals surface area contributed by atoms with E-state index in [2.05, 4.69) is 15.0 Å².